The number of benzene rings is 1. The molecule has 1 aliphatic heterocycles. The lowest BCUT2D eigenvalue weighted by Crippen LogP contribution is -2.41. The van der Waals surface area contributed by atoms with Gasteiger partial charge in [-0.15, -0.1) is 0 Å². The summed E-state index contributed by atoms with van der Waals surface area (Å²) in [5, 5.41) is 0. The summed E-state index contributed by atoms with van der Waals surface area (Å²) in [6, 6.07) is 14.3. The summed E-state index contributed by atoms with van der Waals surface area (Å²) in [5.74, 6) is -0.612. The number of hydrogen-bond donors (Lipinski definition) is 1. The number of rotatable bonds is 5. The number of nitrogens with two attached hydrogens (primary N) is 1. The zero-order valence-corrected chi connectivity index (χ0v) is 17.8. The number of carbonyl (C=O) groups is 1. The molecule has 0 spiro atoms. The first-order valence-electron chi connectivity index (χ1n) is 10.2. The maximum absolute atomic E-state index is 13.6. The van der Waals surface area contributed by atoms with Crippen molar-refractivity contribution < 1.29 is 9.18 Å². The molecule has 0 fully saturated rings. The van der Waals surface area contributed by atoms with Gasteiger partial charge >= 0.3 is 0 Å². The number of amides is 1. The van der Waals surface area contributed by atoms with Crippen LogP contribution in [0.3, 0.4) is 0 Å². The Morgan fingerprint density at radius 3 is 2.26 bits per heavy atom. The van der Waals surface area contributed by atoms with E-state index in [1.807, 2.05) is 50.2 Å². The molecule has 0 saturated heterocycles. The number of likely N-dealkylation sites (N-methyl/N-ethyl adjacent to an activating group) is 1. The largest absolute Gasteiger partial charge is 0.369 e. The Morgan fingerprint density at radius 1 is 1.00 bits per heavy atom. The van der Waals surface area contributed by atoms with E-state index in [2.05, 4.69) is 15.0 Å². The SMILES string of the molecule is CCc1cc([C@@]2(c3cccc(-c4ccc(F)nc4)c3)N=C(N)N(C)C2=O)cc(CC)n1. The molecule has 0 radical (unpaired) electrons. The van der Waals surface area contributed by atoms with Gasteiger partial charge in [0.2, 0.25) is 5.95 Å². The smallest absolute Gasteiger partial charge is 0.266 e. The molecule has 158 valence electrons. The predicted octanol–water partition coefficient (Wildman–Crippen LogP) is 3.44. The van der Waals surface area contributed by atoms with E-state index in [1.54, 1.807) is 13.1 Å². The molecule has 4 rings (SSSR count). The van der Waals surface area contributed by atoms with Crippen molar-refractivity contribution >= 4 is 11.9 Å². The van der Waals surface area contributed by atoms with Crippen LogP contribution in [0, 0.1) is 5.95 Å². The zero-order valence-electron chi connectivity index (χ0n) is 17.8. The van der Waals surface area contributed by atoms with E-state index >= 15 is 0 Å². The molecule has 6 nitrogen and oxygen atoms in total. The van der Waals surface area contributed by atoms with Gasteiger partial charge in [-0.05, 0) is 59.9 Å². The summed E-state index contributed by atoms with van der Waals surface area (Å²) >= 11 is 0. The van der Waals surface area contributed by atoms with Crippen molar-refractivity contribution in [2.45, 2.75) is 32.2 Å². The summed E-state index contributed by atoms with van der Waals surface area (Å²) in [6.45, 7) is 4.06. The Labute approximate surface area is 180 Å². The van der Waals surface area contributed by atoms with Crippen molar-refractivity contribution in [3.63, 3.8) is 0 Å². The third-order valence-electron chi connectivity index (χ3n) is 5.65. The van der Waals surface area contributed by atoms with Crippen molar-refractivity contribution in [3.05, 3.63) is 83.2 Å². The lowest BCUT2D eigenvalue weighted by Gasteiger charge is -2.27. The number of aryl methyl sites for hydroxylation is 2. The monoisotopic (exact) mass is 417 g/mol. The van der Waals surface area contributed by atoms with Crippen molar-refractivity contribution in [3.8, 4) is 11.1 Å². The van der Waals surface area contributed by atoms with Crippen LogP contribution < -0.4 is 5.73 Å². The number of aliphatic imine (C=N–C) groups is 1. The Kier molecular flexibility index (Phi) is 5.27. The molecule has 2 aromatic heterocycles. The number of pyridine rings is 2. The zero-order chi connectivity index (χ0) is 22.2. The van der Waals surface area contributed by atoms with Crippen LogP contribution in [0.5, 0.6) is 0 Å². The molecule has 3 aromatic rings. The Hall–Kier alpha value is -3.61. The number of nitrogens with zero attached hydrogens (tertiary/aromatic N) is 4. The van der Waals surface area contributed by atoms with Crippen LogP contribution >= 0.6 is 0 Å². The van der Waals surface area contributed by atoms with Gasteiger partial charge in [0.25, 0.3) is 5.91 Å². The molecule has 2 N–H and O–H groups in total. The normalized spacial score (nSPS) is 18.4. The molecule has 31 heavy (non-hydrogen) atoms. The van der Waals surface area contributed by atoms with Crippen LogP contribution in [0.25, 0.3) is 11.1 Å². The van der Waals surface area contributed by atoms with Gasteiger partial charge in [-0.25, -0.2) is 9.98 Å². The van der Waals surface area contributed by atoms with E-state index in [0.29, 0.717) is 5.56 Å². The molecule has 0 saturated carbocycles. The second kappa shape index (κ2) is 7.91. The van der Waals surface area contributed by atoms with Gasteiger partial charge in [-0.2, -0.15) is 4.39 Å². The van der Waals surface area contributed by atoms with Gasteiger partial charge in [-0.3, -0.25) is 14.7 Å². The minimum absolute atomic E-state index is 0.159. The Morgan fingerprint density at radius 2 is 1.71 bits per heavy atom. The summed E-state index contributed by atoms with van der Waals surface area (Å²) in [4.78, 5) is 28.0. The summed E-state index contributed by atoms with van der Waals surface area (Å²) in [5.41, 5.74) is 9.56. The highest BCUT2D eigenvalue weighted by Gasteiger charge is 2.49. The lowest BCUT2D eigenvalue weighted by atomic mass is 9.81. The average molecular weight is 417 g/mol. The van der Waals surface area contributed by atoms with Gasteiger partial charge in [0.1, 0.15) is 0 Å². The van der Waals surface area contributed by atoms with E-state index in [4.69, 9.17) is 5.73 Å². The van der Waals surface area contributed by atoms with Crippen molar-refractivity contribution in [1.82, 2.24) is 14.9 Å². The van der Waals surface area contributed by atoms with Crippen LogP contribution in [0.1, 0.15) is 36.4 Å². The molecule has 0 bridgehead atoms. The number of guanidine groups is 1. The maximum atomic E-state index is 13.6. The number of hydrogen-bond acceptors (Lipinski definition) is 5. The minimum atomic E-state index is -1.31. The molecule has 1 amide bonds. The first-order chi connectivity index (χ1) is 14.9. The highest BCUT2D eigenvalue weighted by molar-refractivity contribution is 6.09. The van der Waals surface area contributed by atoms with Crippen molar-refractivity contribution in [2.24, 2.45) is 10.7 Å². The standard InChI is InChI=1S/C24H24FN5O/c1-4-19-12-18(13-20(5-2)28-19)24(22(31)30(3)23(26)29-24)17-8-6-7-15(11-17)16-9-10-21(25)27-14-16/h6-14H,4-5H2,1-3H3,(H2,26,29)/t24-/m1/s1. The van der Waals surface area contributed by atoms with Crippen LogP contribution in [0.4, 0.5) is 4.39 Å². The van der Waals surface area contributed by atoms with Gasteiger partial charge in [0, 0.05) is 30.2 Å². The fraction of sp³-hybridized carbons (Fsp3) is 0.250. The van der Waals surface area contributed by atoms with Crippen LogP contribution in [0.2, 0.25) is 0 Å². The summed E-state index contributed by atoms with van der Waals surface area (Å²) in [7, 11) is 1.62. The predicted molar refractivity (Wildman–Crippen MR) is 118 cm³/mol. The van der Waals surface area contributed by atoms with Crippen molar-refractivity contribution in [2.75, 3.05) is 7.05 Å². The summed E-state index contributed by atoms with van der Waals surface area (Å²) < 4.78 is 13.3. The minimum Gasteiger partial charge on any atom is -0.369 e. The second-order valence-corrected chi connectivity index (χ2v) is 7.54. The van der Waals surface area contributed by atoms with E-state index in [9.17, 15) is 9.18 Å². The highest BCUT2D eigenvalue weighted by atomic mass is 19.1. The van der Waals surface area contributed by atoms with E-state index in [1.165, 1.54) is 17.2 Å². The Balaban J connectivity index is 1.96. The van der Waals surface area contributed by atoms with Gasteiger partial charge in [0.15, 0.2) is 11.5 Å². The van der Waals surface area contributed by atoms with Gasteiger partial charge in [-0.1, -0.05) is 32.0 Å². The molecule has 3 heterocycles. The first kappa shape index (κ1) is 20.7. The van der Waals surface area contributed by atoms with Crippen LogP contribution in [0.15, 0.2) is 59.7 Å². The number of carbonyl (C=O) groups excluding carboxylic acids is 1. The fourth-order valence-corrected chi connectivity index (χ4v) is 3.88. The maximum Gasteiger partial charge on any atom is 0.266 e. The van der Waals surface area contributed by atoms with E-state index in [0.717, 1.165) is 40.9 Å². The molecule has 0 unspecified atom stereocenters. The van der Waals surface area contributed by atoms with E-state index < -0.39 is 11.5 Å². The first-order valence-corrected chi connectivity index (χ1v) is 10.2. The molecule has 7 heteroatoms. The van der Waals surface area contributed by atoms with E-state index in [-0.39, 0.29) is 11.9 Å². The van der Waals surface area contributed by atoms with Crippen molar-refractivity contribution in [1.29, 1.82) is 0 Å². The average Bonchev–Trinajstić information content (AvgIpc) is 3.04. The quantitative estimate of drug-likeness (QED) is 0.645. The molecule has 1 atom stereocenters. The van der Waals surface area contributed by atoms with Gasteiger partial charge in [0.05, 0.1) is 0 Å². The van der Waals surface area contributed by atoms with Crippen LogP contribution in [-0.4, -0.2) is 33.8 Å². The molecular weight excluding hydrogens is 393 g/mol. The van der Waals surface area contributed by atoms with Crippen LogP contribution in [-0.2, 0) is 23.2 Å². The third-order valence-corrected chi connectivity index (χ3v) is 5.65. The molecular formula is C24H24FN5O. The molecule has 0 aliphatic carbocycles. The Bertz CT molecular complexity index is 1150. The number of aromatic nitrogens is 2. The fourth-order valence-electron chi connectivity index (χ4n) is 3.88. The van der Waals surface area contributed by atoms with Gasteiger partial charge < -0.3 is 5.73 Å². The summed E-state index contributed by atoms with van der Waals surface area (Å²) in [6.07, 6.45) is 2.95. The lowest BCUT2D eigenvalue weighted by molar-refractivity contribution is -0.129. The molecule has 1 aliphatic rings. The third kappa shape index (κ3) is 3.46. The number of halogens is 1. The topological polar surface area (TPSA) is 84.5 Å². The second-order valence-electron chi connectivity index (χ2n) is 7.54. The highest BCUT2D eigenvalue weighted by Crippen LogP contribution is 2.41. The molecule has 1 aromatic carbocycles.